The van der Waals surface area contributed by atoms with Crippen molar-refractivity contribution in [3.8, 4) is 0 Å². The summed E-state index contributed by atoms with van der Waals surface area (Å²) in [7, 11) is 0. The van der Waals surface area contributed by atoms with Gasteiger partial charge in [0.05, 0.1) is 36.8 Å². The van der Waals surface area contributed by atoms with Crippen LogP contribution in [0.1, 0.15) is 39.5 Å². The maximum Gasteiger partial charge on any atom is 0.0945 e. The van der Waals surface area contributed by atoms with Crippen LogP contribution in [0.4, 0.5) is 22.7 Å². The Kier molecular flexibility index (Phi) is 13.3. The van der Waals surface area contributed by atoms with Crippen LogP contribution in [-0.4, -0.2) is 61.9 Å². The number of aliphatic hydroxyl groups is 2. The highest BCUT2D eigenvalue weighted by atomic mass is 16.5. The molecule has 0 saturated heterocycles. The van der Waals surface area contributed by atoms with Crippen molar-refractivity contribution in [3.63, 3.8) is 0 Å². The van der Waals surface area contributed by atoms with E-state index < -0.39 is 12.2 Å². The summed E-state index contributed by atoms with van der Waals surface area (Å²) < 4.78 is 11.0. The first-order valence-corrected chi connectivity index (χ1v) is 12.1. The summed E-state index contributed by atoms with van der Waals surface area (Å²) in [6.45, 7) is 6.88. The number of hydrogen-bond acceptors (Lipinski definition) is 7. The fraction of sp³-hybridized carbons (Fsp3) is 0.538. The van der Waals surface area contributed by atoms with Crippen molar-refractivity contribution < 1.29 is 19.7 Å². The average molecular weight is 460 g/mol. The molecule has 2 aromatic rings. The van der Waals surface area contributed by atoms with Crippen LogP contribution in [0.15, 0.2) is 48.5 Å². The Morgan fingerprint density at radius 2 is 1.30 bits per heavy atom. The fourth-order valence-electron chi connectivity index (χ4n) is 3.12. The van der Waals surface area contributed by atoms with Crippen LogP contribution in [0.5, 0.6) is 0 Å². The zero-order valence-electron chi connectivity index (χ0n) is 20.1. The number of nitrogens with one attached hydrogen (secondary N) is 3. The molecule has 0 fully saturated rings. The van der Waals surface area contributed by atoms with E-state index in [0.717, 1.165) is 48.4 Å². The molecule has 0 bridgehead atoms. The molecule has 7 heteroatoms. The number of para-hydroxylation sites is 1. The van der Waals surface area contributed by atoms with E-state index in [9.17, 15) is 10.2 Å². The van der Waals surface area contributed by atoms with Gasteiger partial charge in [0, 0.05) is 37.7 Å². The largest absolute Gasteiger partial charge is 0.389 e. The maximum absolute atomic E-state index is 10.3. The molecule has 2 aromatic carbocycles. The minimum atomic E-state index is -0.613. The van der Waals surface area contributed by atoms with Gasteiger partial charge in [0.15, 0.2) is 0 Å². The second kappa shape index (κ2) is 16.3. The SMILES string of the molecule is CCCCOCC(O)CNc1ccc(Nc2ccccc2)cc1NCC(O)COCCCC. The van der Waals surface area contributed by atoms with Gasteiger partial charge in [-0.15, -0.1) is 0 Å². The van der Waals surface area contributed by atoms with Crippen LogP contribution in [0.2, 0.25) is 0 Å². The standard InChI is InChI=1S/C26H41N3O4/c1-3-5-14-32-19-23(30)17-27-25-13-12-22(29-21-10-8-7-9-11-21)16-26(25)28-18-24(31)20-33-15-6-4-2/h7-13,16,23-24,27-31H,3-6,14-15,17-20H2,1-2H3. The third kappa shape index (κ3) is 11.4. The molecule has 184 valence electrons. The second-order valence-electron chi connectivity index (χ2n) is 8.18. The monoisotopic (exact) mass is 459 g/mol. The summed E-state index contributed by atoms with van der Waals surface area (Å²) in [5, 5.41) is 30.5. The van der Waals surface area contributed by atoms with Crippen molar-refractivity contribution >= 4 is 22.7 Å². The van der Waals surface area contributed by atoms with Crippen LogP contribution in [0.3, 0.4) is 0 Å². The first kappa shape index (κ1) is 26.9. The number of rotatable bonds is 18. The molecule has 0 amide bonds. The Bertz CT molecular complexity index is 760. The van der Waals surface area contributed by atoms with Crippen molar-refractivity contribution in [2.75, 3.05) is 55.5 Å². The molecule has 0 spiro atoms. The summed E-state index contributed by atoms with van der Waals surface area (Å²) in [5.41, 5.74) is 3.60. The van der Waals surface area contributed by atoms with Crippen molar-refractivity contribution in [3.05, 3.63) is 48.5 Å². The summed E-state index contributed by atoms with van der Waals surface area (Å²) in [6, 6.07) is 15.9. The van der Waals surface area contributed by atoms with Crippen LogP contribution < -0.4 is 16.0 Å². The van der Waals surface area contributed by atoms with Crippen molar-refractivity contribution in [1.29, 1.82) is 0 Å². The lowest BCUT2D eigenvalue weighted by Gasteiger charge is -2.20. The predicted molar refractivity (Wildman–Crippen MR) is 137 cm³/mol. The van der Waals surface area contributed by atoms with E-state index in [1.54, 1.807) is 0 Å². The number of ether oxygens (including phenoxy) is 2. The molecule has 33 heavy (non-hydrogen) atoms. The van der Waals surface area contributed by atoms with Crippen molar-refractivity contribution in [2.24, 2.45) is 0 Å². The highest BCUT2D eigenvalue weighted by Gasteiger charge is 2.10. The molecule has 2 atom stereocenters. The van der Waals surface area contributed by atoms with Crippen molar-refractivity contribution in [1.82, 2.24) is 0 Å². The third-order valence-electron chi connectivity index (χ3n) is 5.04. The van der Waals surface area contributed by atoms with Gasteiger partial charge in [0.2, 0.25) is 0 Å². The lowest BCUT2D eigenvalue weighted by molar-refractivity contribution is 0.0419. The smallest absolute Gasteiger partial charge is 0.0945 e. The molecule has 5 N–H and O–H groups in total. The summed E-state index contributed by atoms with van der Waals surface area (Å²) in [4.78, 5) is 0. The van der Waals surface area contributed by atoms with E-state index >= 15 is 0 Å². The predicted octanol–water partition coefficient (Wildman–Crippen LogP) is 4.61. The molecule has 0 aliphatic carbocycles. The van der Waals surface area contributed by atoms with Crippen LogP contribution in [-0.2, 0) is 9.47 Å². The molecule has 0 saturated carbocycles. The van der Waals surface area contributed by atoms with E-state index in [0.29, 0.717) is 39.5 Å². The number of aliphatic hydroxyl groups excluding tert-OH is 2. The van der Waals surface area contributed by atoms with Gasteiger partial charge in [-0.2, -0.15) is 0 Å². The third-order valence-corrected chi connectivity index (χ3v) is 5.04. The zero-order valence-corrected chi connectivity index (χ0v) is 20.1. The van der Waals surface area contributed by atoms with Gasteiger partial charge in [0.25, 0.3) is 0 Å². The van der Waals surface area contributed by atoms with E-state index in [4.69, 9.17) is 9.47 Å². The van der Waals surface area contributed by atoms with Gasteiger partial charge in [-0.25, -0.2) is 0 Å². The number of anilines is 4. The number of unbranched alkanes of at least 4 members (excludes halogenated alkanes) is 2. The van der Waals surface area contributed by atoms with Gasteiger partial charge in [0.1, 0.15) is 0 Å². The van der Waals surface area contributed by atoms with Gasteiger partial charge >= 0.3 is 0 Å². The highest BCUT2D eigenvalue weighted by molar-refractivity contribution is 5.76. The molecule has 0 radical (unpaired) electrons. The van der Waals surface area contributed by atoms with Gasteiger partial charge in [-0.1, -0.05) is 44.9 Å². The Balaban J connectivity index is 1.97. The van der Waals surface area contributed by atoms with Crippen LogP contribution in [0, 0.1) is 0 Å². The van der Waals surface area contributed by atoms with E-state index in [1.165, 1.54) is 0 Å². The molecular formula is C26H41N3O4. The molecule has 2 rings (SSSR count). The van der Waals surface area contributed by atoms with Gasteiger partial charge < -0.3 is 35.6 Å². The maximum atomic E-state index is 10.3. The van der Waals surface area contributed by atoms with Crippen molar-refractivity contribution in [2.45, 2.75) is 51.7 Å². The highest BCUT2D eigenvalue weighted by Crippen LogP contribution is 2.28. The van der Waals surface area contributed by atoms with E-state index in [2.05, 4.69) is 29.8 Å². The van der Waals surface area contributed by atoms with E-state index in [1.807, 2.05) is 48.5 Å². The van der Waals surface area contributed by atoms with Gasteiger partial charge in [-0.05, 0) is 43.2 Å². The molecule has 0 aliphatic heterocycles. The molecule has 0 heterocycles. The van der Waals surface area contributed by atoms with Gasteiger partial charge in [-0.3, -0.25) is 0 Å². The first-order chi connectivity index (χ1) is 16.1. The summed E-state index contributed by atoms with van der Waals surface area (Å²) >= 11 is 0. The Labute approximate surface area is 198 Å². The Morgan fingerprint density at radius 3 is 1.88 bits per heavy atom. The number of benzene rings is 2. The van der Waals surface area contributed by atoms with E-state index in [-0.39, 0.29) is 0 Å². The topological polar surface area (TPSA) is 95.0 Å². The Hall–Kier alpha value is -2.32. The summed E-state index contributed by atoms with van der Waals surface area (Å²) in [5.74, 6) is 0. The second-order valence-corrected chi connectivity index (χ2v) is 8.18. The fourth-order valence-corrected chi connectivity index (χ4v) is 3.12. The normalized spacial score (nSPS) is 12.8. The minimum Gasteiger partial charge on any atom is -0.389 e. The first-order valence-electron chi connectivity index (χ1n) is 12.1. The molecule has 2 unspecified atom stereocenters. The summed E-state index contributed by atoms with van der Waals surface area (Å²) in [6.07, 6.45) is 2.91. The quantitative estimate of drug-likeness (QED) is 0.208. The lowest BCUT2D eigenvalue weighted by atomic mass is 10.2. The minimum absolute atomic E-state index is 0.297. The number of hydrogen-bond donors (Lipinski definition) is 5. The lowest BCUT2D eigenvalue weighted by Crippen LogP contribution is -2.27. The Morgan fingerprint density at radius 1 is 0.727 bits per heavy atom. The molecule has 0 aliphatic rings. The molecular weight excluding hydrogens is 418 g/mol. The molecule has 0 aromatic heterocycles. The van der Waals surface area contributed by atoms with Crippen LogP contribution in [0.25, 0.3) is 0 Å². The van der Waals surface area contributed by atoms with Crippen LogP contribution >= 0.6 is 0 Å². The average Bonchev–Trinajstić information content (AvgIpc) is 2.83. The zero-order chi connectivity index (χ0) is 23.7. The molecule has 7 nitrogen and oxygen atoms in total.